The van der Waals surface area contributed by atoms with Gasteiger partial charge in [0.05, 0.1) is 6.20 Å². The van der Waals surface area contributed by atoms with E-state index in [1.165, 1.54) is 17.3 Å². The Morgan fingerprint density at radius 1 is 1.86 bits per heavy atom. The first-order valence-corrected chi connectivity index (χ1v) is 1.96. The summed E-state index contributed by atoms with van der Waals surface area (Å²) in [4.78, 5) is 10.3. The first kappa shape index (κ1) is 4.18. The van der Waals surface area contributed by atoms with Crippen molar-refractivity contribution in [3.8, 4) is 0 Å². The largest absolute Gasteiger partial charge is 0.268 e. The molecule has 0 aliphatic carbocycles. The molecular weight excluding hydrogens is 92.1 g/mol. The minimum atomic E-state index is -0.0556. The summed E-state index contributed by atoms with van der Waals surface area (Å²) < 4.78 is 0. The number of hydrogen-bond acceptors (Lipinski definition) is 1. The third-order valence-electron chi connectivity index (χ3n) is 0.776. The highest BCUT2D eigenvalue weighted by Crippen LogP contribution is 1.90. The van der Waals surface area contributed by atoms with Gasteiger partial charge in [0.2, 0.25) is 0 Å². The van der Waals surface area contributed by atoms with Crippen molar-refractivity contribution in [2.24, 2.45) is 0 Å². The molecule has 0 N–H and O–H groups in total. The van der Waals surface area contributed by atoms with E-state index in [4.69, 9.17) is 0 Å². The van der Waals surface area contributed by atoms with Gasteiger partial charge in [-0.1, -0.05) is 0 Å². The van der Waals surface area contributed by atoms with Crippen molar-refractivity contribution in [1.29, 1.82) is 0 Å². The molecule has 0 aromatic carbocycles. The average Bonchev–Trinajstić information content (AvgIpc) is 1.91. The van der Waals surface area contributed by atoms with E-state index in [0.29, 0.717) is 0 Å². The van der Waals surface area contributed by atoms with Gasteiger partial charge in [0.1, 0.15) is 0 Å². The van der Waals surface area contributed by atoms with Gasteiger partial charge in [-0.2, -0.15) is 5.43 Å². The van der Waals surface area contributed by atoms with Crippen molar-refractivity contribution < 1.29 is 4.79 Å². The Balaban J connectivity index is 2.62. The van der Waals surface area contributed by atoms with Crippen LogP contribution in [0, 0.1) is 0 Å². The van der Waals surface area contributed by atoms with Crippen LogP contribution in [-0.4, -0.2) is 18.0 Å². The number of likely N-dealkylation sites (N-methyl/N-ethyl adjacent to an activating group) is 1. The van der Waals surface area contributed by atoms with Crippen LogP contribution in [0.25, 0.3) is 0 Å². The molecule has 0 aromatic heterocycles. The fourth-order valence-corrected chi connectivity index (χ4v) is 0.362. The zero-order chi connectivity index (χ0) is 5.28. The zero-order valence-electron chi connectivity index (χ0n) is 3.96. The molecule has 0 fully saturated rings. The lowest BCUT2D eigenvalue weighted by atomic mass is 10.6. The molecule has 0 saturated carbocycles. The maximum atomic E-state index is 10.3. The molecule has 1 heterocycles. The van der Waals surface area contributed by atoms with Crippen LogP contribution in [0.4, 0.5) is 0 Å². The first-order chi connectivity index (χ1) is 3.30. The first-order valence-electron chi connectivity index (χ1n) is 1.96. The molecule has 0 aromatic rings. The summed E-state index contributed by atoms with van der Waals surface area (Å²) in [7, 11) is 1.61. The average molecular weight is 97.1 g/mol. The number of carbonyl (C=O) groups is 1. The van der Waals surface area contributed by atoms with Crippen molar-refractivity contribution in [1.82, 2.24) is 10.4 Å². The van der Waals surface area contributed by atoms with Gasteiger partial charge >= 0.3 is 0 Å². The van der Waals surface area contributed by atoms with Crippen molar-refractivity contribution in [3.63, 3.8) is 0 Å². The summed E-state index contributed by atoms with van der Waals surface area (Å²) in [5, 5.41) is 1.28. The molecule has 1 aliphatic rings. The SMILES string of the molecule is CN1[N]C=CC1=O. The van der Waals surface area contributed by atoms with Crippen molar-refractivity contribution in [2.75, 3.05) is 7.05 Å². The second-order valence-corrected chi connectivity index (χ2v) is 1.29. The number of nitrogens with zero attached hydrogens (tertiary/aromatic N) is 2. The van der Waals surface area contributed by atoms with Crippen LogP contribution in [0.5, 0.6) is 0 Å². The molecule has 0 atom stereocenters. The summed E-state index contributed by atoms with van der Waals surface area (Å²) in [5.74, 6) is -0.0556. The highest BCUT2D eigenvalue weighted by atomic mass is 16.2. The van der Waals surface area contributed by atoms with Gasteiger partial charge in [0.25, 0.3) is 5.91 Å². The predicted octanol–water partition coefficient (Wildman–Crippen LogP) is -0.509. The second-order valence-electron chi connectivity index (χ2n) is 1.29. The van der Waals surface area contributed by atoms with E-state index < -0.39 is 0 Å². The summed E-state index contributed by atoms with van der Waals surface area (Å²) in [6.45, 7) is 0. The topological polar surface area (TPSA) is 34.4 Å². The monoisotopic (exact) mass is 97.0 g/mol. The molecule has 3 nitrogen and oxygen atoms in total. The van der Waals surface area contributed by atoms with Gasteiger partial charge in [-0.3, -0.25) is 4.79 Å². The van der Waals surface area contributed by atoms with Crippen LogP contribution in [0.1, 0.15) is 0 Å². The van der Waals surface area contributed by atoms with Crippen LogP contribution in [-0.2, 0) is 4.79 Å². The molecule has 1 rings (SSSR count). The van der Waals surface area contributed by atoms with Crippen LogP contribution in [0.3, 0.4) is 0 Å². The normalized spacial score (nSPS) is 17.9. The van der Waals surface area contributed by atoms with E-state index in [9.17, 15) is 4.79 Å². The van der Waals surface area contributed by atoms with E-state index in [2.05, 4.69) is 5.43 Å². The van der Waals surface area contributed by atoms with E-state index >= 15 is 0 Å². The summed E-state index contributed by atoms with van der Waals surface area (Å²) in [5.41, 5.74) is 3.62. The van der Waals surface area contributed by atoms with Crippen molar-refractivity contribution in [3.05, 3.63) is 12.3 Å². The Bertz CT molecular complexity index is 119. The third kappa shape index (κ3) is 0.559. The van der Waals surface area contributed by atoms with Crippen LogP contribution >= 0.6 is 0 Å². The molecule has 0 bridgehead atoms. The van der Waals surface area contributed by atoms with Crippen LogP contribution in [0.15, 0.2) is 12.3 Å². The standard InChI is InChI=1S/C4H5N2O/c1-6-4(7)2-3-5-6/h2-3H,1H3. The Morgan fingerprint density at radius 3 is 2.71 bits per heavy atom. The zero-order valence-corrected chi connectivity index (χ0v) is 3.96. The molecule has 3 heteroatoms. The van der Waals surface area contributed by atoms with Crippen molar-refractivity contribution in [2.45, 2.75) is 0 Å². The Kier molecular flexibility index (Phi) is 0.749. The van der Waals surface area contributed by atoms with E-state index in [1.807, 2.05) is 0 Å². The lowest BCUT2D eigenvalue weighted by Crippen LogP contribution is -2.23. The molecule has 7 heavy (non-hydrogen) atoms. The fraction of sp³-hybridized carbons (Fsp3) is 0.250. The third-order valence-corrected chi connectivity index (χ3v) is 0.776. The molecule has 1 aliphatic heterocycles. The second kappa shape index (κ2) is 1.26. The van der Waals surface area contributed by atoms with E-state index in [1.54, 1.807) is 7.05 Å². The predicted molar refractivity (Wildman–Crippen MR) is 24.0 cm³/mol. The van der Waals surface area contributed by atoms with Gasteiger partial charge in [0, 0.05) is 13.1 Å². The quantitative estimate of drug-likeness (QED) is 0.401. The van der Waals surface area contributed by atoms with E-state index in [-0.39, 0.29) is 5.91 Å². The lowest BCUT2D eigenvalue weighted by Gasteiger charge is -2.01. The van der Waals surface area contributed by atoms with E-state index in [0.717, 1.165) is 0 Å². The van der Waals surface area contributed by atoms with Gasteiger partial charge < -0.3 is 0 Å². The van der Waals surface area contributed by atoms with Crippen LogP contribution in [0.2, 0.25) is 0 Å². The molecule has 0 unspecified atom stereocenters. The maximum absolute atomic E-state index is 10.3. The number of amides is 1. The number of carbonyl (C=O) groups excluding carboxylic acids is 1. The molecule has 1 radical (unpaired) electrons. The van der Waals surface area contributed by atoms with Crippen molar-refractivity contribution >= 4 is 5.91 Å². The Hall–Kier alpha value is -0.990. The Labute approximate surface area is 41.6 Å². The summed E-state index contributed by atoms with van der Waals surface area (Å²) in [6.07, 6.45) is 2.89. The highest BCUT2D eigenvalue weighted by Gasteiger charge is 2.08. The molecule has 1 amide bonds. The number of hydrogen-bond donors (Lipinski definition) is 0. The van der Waals surface area contributed by atoms with Gasteiger partial charge in [0.15, 0.2) is 0 Å². The smallest absolute Gasteiger partial charge is 0.268 e. The minimum Gasteiger partial charge on any atom is -0.268 e. The van der Waals surface area contributed by atoms with Gasteiger partial charge in [-0.05, 0) is 0 Å². The molecule has 37 valence electrons. The fourth-order valence-electron chi connectivity index (χ4n) is 0.362. The molecular formula is C4H5N2O. The highest BCUT2D eigenvalue weighted by molar-refractivity contribution is 5.88. The number of rotatable bonds is 0. The maximum Gasteiger partial charge on any atom is 0.268 e. The summed E-state index contributed by atoms with van der Waals surface area (Å²) in [6, 6.07) is 0. The van der Waals surface area contributed by atoms with Gasteiger partial charge in [-0.15, -0.1) is 0 Å². The minimum absolute atomic E-state index is 0.0556. The lowest BCUT2D eigenvalue weighted by molar-refractivity contribution is -0.125. The molecule has 0 spiro atoms. The molecule has 0 saturated heterocycles. The van der Waals surface area contributed by atoms with Crippen LogP contribution < -0.4 is 5.43 Å². The Morgan fingerprint density at radius 2 is 2.57 bits per heavy atom. The van der Waals surface area contributed by atoms with Gasteiger partial charge in [-0.25, -0.2) is 5.01 Å². The summed E-state index contributed by atoms with van der Waals surface area (Å²) >= 11 is 0.